The fourth-order valence-corrected chi connectivity index (χ4v) is 8.38. The highest BCUT2D eigenvalue weighted by Crippen LogP contribution is 2.24. The summed E-state index contributed by atoms with van der Waals surface area (Å²) in [6.07, 6.45) is 37.3. The predicted octanol–water partition coefficient (Wildman–Crippen LogP) is 14.2. The van der Waals surface area contributed by atoms with Gasteiger partial charge in [0.15, 0.2) is 0 Å². The fourth-order valence-electron chi connectivity index (χ4n) is 8.38. The van der Waals surface area contributed by atoms with Crippen LogP contribution in [-0.2, 0) is 19.1 Å². The van der Waals surface area contributed by atoms with Gasteiger partial charge in [0.2, 0.25) is 0 Å². The first-order valence-electron chi connectivity index (χ1n) is 25.5. The first-order chi connectivity index (χ1) is 28.8. The van der Waals surface area contributed by atoms with Crippen molar-refractivity contribution in [1.82, 2.24) is 0 Å². The zero-order chi connectivity index (χ0) is 43.2. The average Bonchev–Trinajstić information content (AvgIpc) is 3.23. The Morgan fingerprint density at radius 3 is 1.19 bits per heavy atom. The third-order valence-corrected chi connectivity index (χ3v) is 12.4. The normalized spacial score (nSPS) is 11.7. The molecular formula is C51H94N2O6. The topological polar surface area (TPSA) is 111 Å². The van der Waals surface area contributed by atoms with Crippen molar-refractivity contribution in [3.63, 3.8) is 0 Å². The molecule has 0 aliphatic carbocycles. The van der Waals surface area contributed by atoms with E-state index >= 15 is 0 Å². The van der Waals surface area contributed by atoms with E-state index in [-0.39, 0.29) is 18.0 Å². The van der Waals surface area contributed by atoms with Crippen LogP contribution in [0.1, 0.15) is 253 Å². The van der Waals surface area contributed by atoms with E-state index in [1.54, 1.807) is 0 Å². The molecule has 344 valence electrons. The molecule has 0 bridgehead atoms. The summed E-state index contributed by atoms with van der Waals surface area (Å²) in [5.74, 6) is 1.25. The third kappa shape index (κ3) is 28.7. The van der Waals surface area contributed by atoms with Crippen LogP contribution in [0.4, 0.5) is 11.4 Å². The maximum absolute atomic E-state index is 12.6. The molecule has 0 spiro atoms. The molecular weight excluding hydrogens is 737 g/mol. The van der Waals surface area contributed by atoms with Gasteiger partial charge in [0.05, 0.1) is 13.2 Å². The Morgan fingerprint density at radius 2 is 0.780 bits per heavy atom. The monoisotopic (exact) mass is 831 g/mol. The van der Waals surface area contributed by atoms with E-state index in [2.05, 4.69) is 45.3 Å². The summed E-state index contributed by atoms with van der Waals surface area (Å²) in [5.41, 5.74) is 0.116. The zero-order valence-corrected chi connectivity index (χ0v) is 39.3. The standard InChI is InChI=1S/C51H94N2O6/c1-6-11-22-30-43(31-23-12-7-2)38-41-58-46(54)36-28-20-16-18-26-34-45(53-49-48(50(56)51(49)57)52-40-15-10-5)35-27-19-17-21-29-37-47(55)59-42-39-44(32-24-13-8-3)33-25-14-9-4/h43-45,52-53H,6-42H2,1-5H3. The van der Waals surface area contributed by atoms with Gasteiger partial charge in [-0.25, -0.2) is 0 Å². The summed E-state index contributed by atoms with van der Waals surface area (Å²) in [5, 5.41) is 6.68. The van der Waals surface area contributed by atoms with Gasteiger partial charge in [-0.3, -0.25) is 19.2 Å². The van der Waals surface area contributed by atoms with Gasteiger partial charge in [0.25, 0.3) is 10.9 Å². The SMILES string of the molecule is CCCCCC(CCCCC)CCOC(=O)CCCCCCCC(CCCCCCCC(=O)OCCC(CCCCC)CCCCC)Nc1c(NCCCC)c(=O)c1=O. The molecule has 0 fully saturated rings. The maximum atomic E-state index is 12.6. The molecule has 8 heteroatoms. The molecule has 0 saturated carbocycles. The smallest absolute Gasteiger partial charge is 0.305 e. The van der Waals surface area contributed by atoms with E-state index in [9.17, 15) is 19.2 Å². The van der Waals surface area contributed by atoms with E-state index in [0.29, 0.717) is 55.8 Å². The molecule has 0 aliphatic heterocycles. The first-order valence-corrected chi connectivity index (χ1v) is 25.5. The van der Waals surface area contributed by atoms with Crippen molar-refractivity contribution >= 4 is 23.3 Å². The Bertz CT molecular complexity index is 1130. The van der Waals surface area contributed by atoms with Gasteiger partial charge < -0.3 is 20.1 Å². The van der Waals surface area contributed by atoms with Crippen molar-refractivity contribution in [1.29, 1.82) is 0 Å². The van der Waals surface area contributed by atoms with Crippen LogP contribution in [0.3, 0.4) is 0 Å². The number of hydrogen-bond acceptors (Lipinski definition) is 8. The van der Waals surface area contributed by atoms with Crippen LogP contribution in [-0.4, -0.2) is 37.7 Å². The molecule has 8 nitrogen and oxygen atoms in total. The summed E-state index contributed by atoms with van der Waals surface area (Å²) < 4.78 is 11.3. The van der Waals surface area contributed by atoms with Crippen molar-refractivity contribution in [3.05, 3.63) is 20.4 Å². The molecule has 2 N–H and O–H groups in total. The third-order valence-electron chi connectivity index (χ3n) is 12.4. The van der Waals surface area contributed by atoms with Crippen LogP contribution in [0.15, 0.2) is 9.59 Å². The van der Waals surface area contributed by atoms with E-state index in [4.69, 9.17) is 9.47 Å². The molecule has 0 amide bonds. The van der Waals surface area contributed by atoms with Gasteiger partial charge in [0, 0.05) is 25.4 Å². The molecule has 0 aliphatic rings. The van der Waals surface area contributed by atoms with Crippen molar-refractivity contribution in [2.75, 3.05) is 30.4 Å². The van der Waals surface area contributed by atoms with Crippen LogP contribution in [0, 0.1) is 11.8 Å². The Labute approximate surface area is 363 Å². The van der Waals surface area contributed by atoms with Gasteiger partial charge >= 0.3 is 11.9 Å². The number of unbranched alkanes of at least 4 members (excludes halogenated alkanes) is 17. The molecule has 1 aromatic rings. The van der Waals surface area contributed by atoms with Gasteiger partial charge in [-0.2, -0.15) is 0 Å². The van der Waals surface area contributed by atoms with Crippen molar-refractivity contribution in [3.8, 4) is 0 Å². The molecule has 1 rings (SSSR count). The molecule has 0 aromatic heterocycles. The Balaban J connectivity index is 2.42. The molecule has 59 heavy (non-hydrogen) atoms. The Kier molecular flexibility index (Phi) is 35.7. The predicted molar refractivity (Wildman–Crippen MR) is 252 cm³/mol. The van der Waals surface area contributed by atoms with E-state index < -0.39 is 10.9 Å². The number of hydrogen-bond donors (Lipinski definition) is 2. The van der Waals surface area contributed by atoms with Crippen LogP contribution < -0.4 is 21.5 Å². The van der Waals surface area contributed by atoms with Crippen LogP contribution in [0.25, 0.3) is 0 Å². The molecule has 0 atom stereocenters. The van der Waals surface area contributed by atoms with Crippen molar-refractivity contribution in [2.45, 2.75) is 259 Å². The minimum Gasteiger partial charge on any atom is -0.466 e. The number of esters is 2. The van der Waals surface area contributed by atoms with E-state index in [1.807, 2.05) is 0 Å². The number of carbonyl (C=O) groups excluding carboxylic acids is 2. The lowest BCUT2D eigenvalue weighted by Gasteiger charge is -2.23. The molecule has 1 aromatic carbocycles. The molecule has 0 heterocycles. The van der Waals surface area contributed by atoms with Crippen LogP contribution in [0.5, 0.6) is 0 Å². The minimum absolute atomic E-state index is 0.0545. The highest BCUT2D eigenvalue weighted by atomic mass is 16.5. The lowest BCUT2D eigenvalue weighted by atomic mass is 9.92. The van der Waals surface area contributed by atoms with Gasteiger partial charge in [0.1, 0.15) is 11.4 Å². The van der Waals surface area contributed by atoms with Gasteiger partial charge in [-0.15, -0.1) is 0 Å². The Hall–Kier alpha value is -2.38. The van der Waals surface area contributed by atoms with Crippen LogP contribution >= 0.6 is 0 Å². The second-order valence-corrected chi connectivity index (χ2v) is 17.9. The largest absolute Gasteiger partial charge is 0.466 e. The first kappa shape index (κ1) is 54.6. The summed E-state index contributed by atoms with van der Waals surface area (Å²) in [7, 11) is 0. The molecule has 0 unspecified atom stereocenters. The average molecular weight is 831 g/mol. The molecule has 0 radical (unpaired) electrons. The summed E-state index contributed by atoms with van der Waals surface area (Å²) in [4.78, 5) is 49.8. The summed E-state index contributed by atoms with van der Waals surface area (Å²) in [6, 6.07) is 0.135. The molecule has 0 saturated heterocycles. The summed E-state index contributed by atoms with van der Waals surface area (Å²) >= 11 is 0. The minimum atomic E-state index is -0.406. The lowest BCUT2D eigenvalue weighted by Crippen LogP contribution is -2.39. The number of rotatable bonds is 44. The highest BCUT2D eigenvalue weighted by molar-refractivity contribution is 5.74. The van der Waals surface area contributed by atoms with Gasteiger partial charge in [-0.05, 0) is 56.8 Å². The van der Waals surface area contributed by atoms with Crippen molar-refractivity contribution < 1.29 is 19.1 Å². The highest BCUT2D eigenvalue weighted by Gasteiger charge is 2.23. The quantitative estimate of drug-likeness (QED) is 0.0380. The van der Waals surface area contributed by atoms with Crippen LogP contribution in [0.2, 0.25) is 0 Å². The lowest BCUT2D eigenvalue weighted by molar-refractivity contribution is -0.145. The van der Waals surface area contributed by atoms with Gasteiger partial charge in [-0.1, -0.05) is 195 Å². The number of carbonyl (C=O) groups is 2. The second kappa shape index (κ2) is 38.5. The van der Waals surface area contributed by atoms with E-state index in [0.717, 1.165) is 103 Å². The number of anilines is 2. The number of ether oxygens (including phenoxy) is 2. The zero-order valence-electron chi connectivity index (χ0n) is 39.3. The van der Waals surface area contributed by atoms with Crippen molar-refractivity contribution in [2.24, 2.45) is 11.8 Å². The fraction of sp³-hybridized carbons (Fsp3) is 0.882. The Morgan fingerprint density at radius 1 is 0.424 bits per heavy atom. The van der Waals surface area contributed by atoms with E-state index in [1.165, 1.54) is 103 Å². The second-order valence-electron chi connectivity index (χ2n) is 17.9. The summed E-state index contributed by atoms with van der Waals surface area (Å²) in [6.45, 7) is 12.9. The maximum Gasteiger partial charge on any atom is 0.305 e. The number of nitrogens with one attached hydrogen (secondary N) is 2.